The summed E-state index contributed by atoms with van der Waals surface area (Å²) in [6, 6.07) is 131. The smallest absolute Gasteiger partial charge is 0.230 e. The van der Waals surface area contributed by atoms with Gasteiger partial charge < -0.3 is 38.1 Å². The first-order valence-electron chi connectivity index (χ1n) is 47.4. The van der Waals surface area contributed by atoms with Gasteiger partial charge in [0.2, 0.25) is 23.6 Å². The molecule has 0 spiro atoms. The second-order valence-electron chi connectivity index (χ2n) is 37.7. The summed E-state index contributed by atoms with van der Waals surface area (Å²) in [6.45, 7) is 17.5. The summed E-state index contributed by atoms with van der Waals surface area (Å²) in [4.78, 5) is 37.9. The van der Waals surface area contributed by atoms with Gasteiger partial charge in [-0.25, -0.2) is 19.9 Å². The molecule has 4 N–H and O–H groups in total. The van der Waals surface area contributed by atoms with Crippen molar-refractivity contribution in [2.45, 2.75) is 72.1 Å². The van der Waals surface area contributed by atoms with Crippen LogP contribution in [0.3, 0.4) is 0 Å². The van der Waals surface area contributed by atoms with E-state index in [0.29, 0.717) is 68.1 Å². The first-order valence-corrected chi connectivity index (χ1v) is 47.4. The van der Waals surface area contributed by atoms with Gasteiger partial charge in [-0.1, -0.05) is 386 Å². The van der Waals surface area contributed by atoms with E-state index in [1.54, 1.807) is 73.1 Å². The number of phenols is 4. The molecule has 0 saturated carbocycles. The van der Waals surface area contributed by atoms with Crippen molar-refractivity contribution in [3.05, 3.63) is 424 Å². The Labute approximate surface area is 906 Å². The predicted molar refractivity (Wildman–Crippen MR) is 573 cm³/mol. The molecule has 0 fully saturated rings. The zero-order chi connectivity index (χ0) is 97.7. The van der Waals surface area contributed by atoms with Crippen molar-refractivity contribution >= 4 is 98.3 Å². The van der Waals surface area contributed by atoms with Crippen LogP contribution in [0.1, 0.15) is 78.0 Å². The maximum Gasteiger partial charge on any atom is 0.230 e. The SMILES string of the molecule is CC(C)(C)c1cc(-c2[c-]c(-c3ccccn3)cc3ccccc23)c2nc(-c3ccccc3O)oc2c1.CC(C)(C)c1ccnc(-c2[c-]c(-c3cccc4oc(-c5ccccc5O)nc34)c3ccccc3c2)c1.CC(C)c1cc(-c2[c-]c(-c3cc4ccccc4cn3)cc3ccccc23)c2nc(-c3ccccc3O)oc2c1.Oc1ccccc1-c1nc2c(-c3[c-]c(-c4ccccn4)cc4ccccc34)cccc2o1.[Pt].[Pt].[Pt].[Pt]. The van der Waals surface area contributed by atoms with Crippen molar-refractivity contribution in [1.29, 1.82) is 0 Å². The molecule has 0 bridgehead atoms. The van der Waals surface area contributed by atoms with E-state index in [2.05, 4.69) is 228 Å². The van der Waals surface area contributed by atoms with E-state index in [1.165, 1.54) is 5.56 Å². The third-order valence-electron chi connectivity index (χ3n) is 25.8. The van der Waals surface area contributed by atoms with Crippen LogP contribution in [0.2, 0.25) is 0 Å². The Morgan fingerprint density at radius 1 is 0.245 bits per heavy atom. The first-order chi connectivity index (χ1) is 69.6. The first kappa shape index (κ1) is 102. The van der Waals surface area contributed by atoms with Crippen molar-refractivity contribution in [2.24, 2.45) is 0 Å². The van der Waals surface area contributed by atoms with Crippen LogP contribution < -0.4 is 0 Å². The van der Waals surface area contributed by atoms with Gasteiger partial charge in [0, 0.05) is 132 Å². The largest absolute Gasteiger partial charge is 0.507 e. The van der Waals surface area contributed by atoms with E-state index >= 15 is 0 Å². The molecule has 25 aromatic rings. The Bertz CT molecular complexity index is 9200. The number of oxazole rings is 4. The van der Waals surface area contributed by atoms with Crippen LogP contribution in [0.4, 0.5) is 0 Å². The normalized spacial score (nSPS) is 11.4. The molecule has 0 aliphatic carbocycles. The predicted octanol–water partition coefficient (Wildman–Crippen LogP) is 32.4. The number of rotatable bonds is 13. The maximum atomic E-state index is 10.5. The second-order valence-corrected chi connectivity index (χ2v) is 37.7. The summed E-state index contributed by atoms with van der Waals surface area (Å²) >= 11 is 0. The van der Waals surface area contributed by atoms with Crippen LogP contribution in [-0.2, 0) is 95.1 Å². The van der Waals surface area contributed by atoms with Gasteiger partial charge >= 0.3 is 0 Å². The number of para-hydroxylation sites is 6. The quantitative estimate of drug-likeness (QED) is 0.0785. The number of fused-ring (bicyclic) bond motifs is 9. The van der Waals surface area contributed by atoms with E-state index in [1.807, 2.05) is 176 Å². The molecule has 0 radical (unpaired) electrons. The molecule has 0 atom stereocenters. The number of aromatic hydroxyl groups is 4. The van der Waals surface area contributed by atoms with Crippen LogP contribution in [0, 0.1) is 24.3 Å². The molecular formula is C127H92N8O8Pt4-4. The number of nitrogens with zero attached hydrogens (tertiary/aromatic N) is 8. The maximum absolute atomic E-state index is 10.5. The molecule has 732 valence electrons. The Kier molecular flexibility index (Phi) is 29.7. The van der Waals surface area contributed by atoms with Gasteiger partial charge in [-0.3, -0.25) is 19.9 Å². The monoisotopic (exact) mass is 2640 g/mol. The molecule has 16 nitrogen and oxygen atoms in total. The van der Waals surface area contributed by atoms with Crippen LogP contribution in [0.15, 0.2) is 400 Å². The number of benzene rings is 17. The van der Waals surface area contributed by atoms with Gasteiger partial charge in [0.25, 0.3) is 0 Å². The summed E-state index contributed by atoms with van der Waals surface area (Å²) < 4.78 is 24.6. The van der Waals surface area contributed by atoms with Gasteiger partial charge in [0.15, 0.2) is 0 Å². The fourth-order valence-electron chi connectivity index (χ4n) is 18.3. The summed E-state index contributed by atoms with van der Waals surface area (Å²) in [5.41, 5.74) is 25.9. The Hall–Kier alpha value is -15.5. The molecule has 8 heterocycles. The molecule has 147 heavy (non-hydrogen) atoms. The summed E-state index contributed by atoms with van der Waals surface area (Å²) in [6.07, 6.45) is 7.37. The molecular weight excluding hydrogens is 2550 g/mol. The van der Waals surface area contributed by atoms with Crippen molar-refractivity contribution in [1.82, 2.24) is 39.9 Å². The summed E-state index contributed by atoms with van der Waals surface area (Å²) in [5.74, 6) is 2.37. The number of hydrogen-bond donors (Lipinski definition) is 4. The van der Waals surface area contributed by atoms with Gasteiger partial charge in [-0.15, -0.1) is 70.8 Å². The van der Waals surface area contributed by atoms with Crippen LogP contribution >= 0.6 is 0 Å². The standard InChI is InChI=1S/C35H25N2O2.2C32H25N2O2.C28H17N2O2.4Pt/c1-21(2)25-16-30(34-33(19-25)39-35(37-34)28-13-7-8-14-32(28)38)29-17-26(15-23-10-5-6-12-27(23)29)31-18-22-9-3-4-11-24(22)20-36-31;1-32(2,3)22-18-26(30-29(19-22)36-31(34-30)24-12-6-7-14-28(24)35)25-17-21(27-13-8-9-15-33-27)16-20-10-4-5-11-23(20)25;1-32(2,3)22-15-16-33-27(19-22)21-17-20-9-4-5-10-23(20)26(18-21)24-12-8-14-29-30(24)34-31(36-29)25-11-6-7-13-28(25)35;31-25-13-4-3-10-22(25)28-30-27-21(11-7-14-26(27)32-28)23-17-19(24-12-5-6-15-29-24)16-18-8-1-2-9-20(18)23;;;;/h3-16,18-21,38H,1-2H3;4-16,18-19,35H,1-3H3;4-17,19,35H,1-3H3;1-16,31H;;;;/q4*-1;;;;. The Morgan fingerprint density at radius 3 is 0.939 bits per heavy atom. The average molecular weight is 2640 g/mol. The van der Waals surface area contributed by atoms with Crippen molar-refractivity contribution < 1.29 is 122 Å². The third-order valence-corrected chi connectivity index (χ3v) is 25.8. The molecule has 0 saturated heterocycles. The Morgan fingerprint density at radius 2 is 0.558 bits per heavy atom. The topological polar surface area (TPSA) is 237 Å². The van der Waals surface area contributed by atoms with Crippen molar-refractivity contribution in [2.75, 3.05) is 0 Å². The minimum atomic E-state index is -0.112. The van der Waals surface area contributed by atoms with Gasteiger partial charge in [-0.2, -0.15) is 0 Å². The minimum Gasteiger partial charge on any atom is -0.507 e. The van der Waals surface area contributed by atoms with Gasteiger partial charge in [0.1, 0.15) is 45.3 Å². The molecule has 0 unspecified atom stereocenters. The fraction of sp³-hybridized carbons (Fsp3) is 0.0866. The van der Waals surface area contributed by atoms with Crippen molar-refractivity contribution in [3.63, 3.8) is 0 Å². The molecule has 0 aliphatic heterocycles. The van der Waals surface area contributed by atoms with E-state index in [9.17, 15) is 20.4 Å². The summed E-state index contributed by atoms with van der Waals surface area (Å²) in [5, 5.41) is 52.5. The van der Waals surface area contributed by atoms with Crippen LogP contribution in [-0.4, -0.2) is 60.3 Å². The number of phenolic OH excluding ortho intramolecular Hbond substituents is 4. The van der Waals surface area contributed by atoms with Gasteiger partial charge in [-0.05, 0) is 135 Å². The molecule has 20 heteroatoms. The number of aromatic nitrogens is 8. The number of hydrogen-bond acceptors (Lipinski definition) is 16. The zero-order valence-corrected chi connectivity index (χ0v) is 89.8. The van der Waals surface area contributed by atoms with Crippen LogP contribution in [0.5, 0.6) is 23.0 Å². The number of pyridine rings is 4. The molecule has 17 aromatic carbocycles. The second kappa shape index (κ2) is 43.0. The fourth-order valence-corrected chi connectivity index (χ4v) is 18.3. The van der Waals surface area contributed by atoms with E-state index in [0.717, 1.165) is 177 Å². The van der Waals surface area contributed by atoms with Crippen molar-refractivity contribution in [3.8, 4) is 158 Å². The Balaban J connectivity index is 0.000000128. The molecule has 0 amide bonds. The average Bonchev–Trinajstić information content (AvgIpc) is 1.69. The third kappa shape index (κ3) is 20.7. The van der Waals surface area contributed by atoms with Crippen LogP contribution in [0.25, 0.3) is 234 Å². The van der Waals surface area contributed by atoms with E-state index in [4.69, 9.17) is 42.6 Å². The van der Waals surface area contributed by atoms with Gasteiger partial charge in [0.05, 0.1) is 44.3 Å². The summed E-state index contributed by atoms with van der Waals surface area (Å²) in [7, 11) is 0. The zero-order valence-electron chi connectivity index (χ0n) is 80.7. The molecule has 25 rings (SSSR count). The van der Waals surface area contributed by atoms with E-state index in [-0.39, 0.29) is 124 Å². The molecule has 8 aromatic heterocycles. The van der Waals surface area contributed by atoms with E-state index < -0.39 is 0 Å². The minimum absolute atomic E-state index is 0. The molecule has 0 aliphatic rings.